The van der Waals surface area contributed by atoms with Crippen LogP contribution >= 0.6 is 23.4 Å². The van der Waals surface area contributed by atoms with Crippen LogP contribution in [0.15, 0.2) is 65.8 Å². The maximum Gasteiger partial charge on any atom is 0.417 e. The molecule has 256 valence electrons. The molecule has 0 bridgehead atoms. The second kappa shape index (κ2) is 17.9. The zero-order valence-electron chi connectivity index (χ0n) is 26.4. The Balaban J connectivity index is 1.45. The molecule has 4 rings (SSSR count). The van der Waals surface area contributed by atoms with E-state index in [1.165, 1.54) is 6.07 Å². The van der Waals surface area contributed by atoms with Crippen molar-refractivity contribution in [3.05, 3.63) is 93.5 Å². The van der Waals surface area contributed by atoms with E-state index in [0.717, 1.165) is 62.0 Å². The highest BCUT2D eigenvalue weighted by atomic mass is 35.5. The number of nitrogens with one attached hydrogen (secondary N) is 3. The van der Waals surface area contributed by atoms with Gasteiger partial charge in [-0.2, -0.15) is 30.0 Å². The number of carbonyl (C=O) groups excluding carboxylic acids is 3. The van der Waals surface area contributed by atoms with Crippen LogP contribution in [0.2, 0.25) is 5.02 Å². The Morgan fingerprint density at radius 3 is 2.56 bits per heavy atom. The minimum absolute atomic E-state index is 0.0508. The van der Waals surface area contributed by atoms with Crippen LogP contribution in [0, 0.1) is 0 Å². The highest BCUT2D eigenvalue weighted by Gasteiger charge is 2.33. The lowest BCUT2D eigenvalue weighted by molar-refractivity contribution is -0.137. The number of thioether (sulfide) groups is 1. The van der Waals surface area contributed by atoms with E-state index in [1.807, 2.05) is 12.1 Å². The normalized spacial score (nSPS) is 13.4. The molecule has 0 saturated carbocycles. The smallest absolute Gasteiger partial charge is 0.383 e. The lowest BCUT2D eigenvalue weighted by Crippen LogP contribution is -2.30. The monoisotopic (exact) mass is 703 g/mol. The molecule has 1 aliphatic rings. The third-order valence-corrected chi connectivity index (χ3v) is 8.81. The lowest BCUT2D eigenvalue weighted by Gasteiger charge is -2.29. The van der Waals surface area contributed by atoms with Crippen LogP contribution in [0.1, 0.15) is 63.1 Å². The average Bonchev–Trinajstić information content (AvgIpc) is 3.07. The first-order valence-electron chi connectivity index (χ1n) is 15.4. The molecule has 3 N–H and O–H groups in total. The van der Waals surface area contributed by atoms with Crippen LogP contribution in [0.5, 0.6) is 0 Å². The minimum atomic E-state index is -4.65. The molecule has 0 radical (unpaired) electrons. The summed E-state index contributed by atoms with van der Waals surface area (Å²) in [6, 6.07) is 15.6. The number of methoxy groups -OCH3 is 1. The van der Waals surface area contributed by atoms with Gasteiger partial charge in [0.15, 0.2) is 0 Å². The average molecular weight is 704 g/mol. The number of alkyl halides is 3. The summed E-state index contributed by atoms with van der Waals surface area (Å²) in [5, 5.41) is 9.04. The van der Waals surface area contributed by atoms with Gasteiger partial charge in [-0.25, -0.2) is 5.43 Å². The maximum atomic E-state index is 13.4. The van der Waals surface area contributed by atoms with Gasteiger partial charge >= 0.3 is 6.18 Å². The summed E-state index contributed by atoms with van der Waals surface area (Å²) in [6.45, 7) is 2.57. The topological polar surface area (TPSA) is 112 Å². The Kier molecular flexibility index (Phi) is 13.7. The maximum absolute atomic E-state index is 13.4. The first kappa shape index (κ1) is 36.8. The van der Waals surface area contributed by atoms with Gasteiger partial charge in [-0.05, 0) is 72.9 Å². The number of benzene rings is 3. The van der Waals surface area contributed by atoms with Gasteiger partial charge in [-0.3, -0.25) is 14.4 Å². The van der Waals surface area contributed by atoms with E-state index >= 15 is 0 Å². The number of hydrogen-bond acceptors (Lipinski definition) is 7. The van der Waals surface area contributed by atoms with Crippen molar-refractivity contribution in [1.82, 2.24) is 10.7 Å². The minimum Gasteiger partial charge on any atom is -0.383 e. The number of piperidine rings is 1. The Morgan fingerprint density at radius 2 is 1.81 bits per heavy atom. The van der Waals surface area contributed by atoms with Gasteiger partial charge in [0.25, 0.3) is 11.8 Å². The molecular weight excluding hydrogens is 667 g/mol. The summed E-state index contributed by atoms with van der Waals surface area (Å²) < 4.78 is 44.7. The number of nitrogens with zero attached hydrogens (tertiary/aromatic N) is 2. The van der Waals surface area contributed by atoms with Crippen molar-refractivity contribution in [3.8, 4) is 0 Å². The predicted molar refractivity (Wildman–Crippen MR) is 184 cm³/mol. The third kappa shape index (κ3) is 11.0. The fourth-order valence-corrected chi connectivity index (χ4v) is 6.09. The molecule has 0 atom stereocenters. The van der Waals surface area contributed by atoms with Crippen molar-refractivity contribution in [1.29, 1.82) is 0 Å². The molecule has 3 aromatic carbocycles. The number of rotatable bonds is 14. The number of amides is 3. The first-order chi connectivity index (χ1) is 23.0. The van der Waals surface area contributed by atoms with Gasteiger partial charge in [-0.1, -0.05) is 29.8 Å². The third-order valence-electron chi connectivity index (χ3n) is 7.45. The van der Waals surface area contributed by atoms with Crippen molar-refractivity contribution >= 4 is 58.7 Å². The number of hydrogen-bond donors (Lipinski definition) is 3. The predicted octanol–water partition coefficient (Wildman–Crippen LogP) is 6.75. The summed E-state index contributed by atoms with van der Waals surface area (Å²) in [7, 11) is 1.57. The molecular formula is C34H37ClF3N5O4S. The summed E-state index contributed by atoms with van der Waals surface area (Å²) in [5.41, 5.74) is 3.94. The van der Waals surface area contributed by atoms with Gasteiger partial charge in [0.2, 0.25) is 5.91 Å². The summed E-state index contributed by atoms with van der Waals surface area (Å²) in [5.74, 6) is 0.0809. The van der Waals surface area contributed by atoms with Gasteiger partial charge in [0, 0.05) is 55.9 Å². The van der Waals surface area contributed by atoms with Crippen LogP contribution in [0.4, 0.5) is 24.5 Å². The Labute approximate surface area is 286 Å². The SMILES string of the molecule is COCCNC(=O)CCSCc1cccc(C(=O)Nc2ccc(N3CCCCC3)cc2C(=O)NN=Cc2ccc(Cl)c(C(F)(F)F)c2)c1. The number of hydrazone groups is 1. The number of ether oxygens (including phenoxy) is 1. The van der Waals surface area contributed by atoms with E-state index in [9.17, 15) is 27.6 Å². The second-order valence-corrected chi connectivity index (χ2v) is 12.5. The van der Waals surface area contributed by atoms with E-state index in [2.05, 4.69) is 26.1 Å². The van der Waals surface area contributed by atoms with Gasteiger partial charge in [-0.15, -0.1) is 0 Å². The molecule has 9 nitrogen and oxygen atoms in total. The molecule has 48 heavy (non-hydrogen) atoms. The van der Waals surface area contributed by atoms with Crippen LogP contribution < -0.4 is 21.0 Å². The van der Waals surface area contributed by atoms with E-state index < -0.39 is 28.6 Å². The zero-order valence-corrected chi connectivity index (χ0v) is 27.9. The van der Waals surface area contributed by atoms with E-state index in [-0.39, 0.29) is 22.7 Å². The second-order valence-electron chi connectivity index (χ2n) is 11.0. The largest absolute Gasteiger partial charge is 0.417 e. The fourth-order valence-electron chi connectivity index (χ4n) is 4.98. The molecule has 1 saturated heterocycles. The number of anilines is 2. The highest BCUT2D eigenvalue weighted by molar-refractivity contribution is 7.98. The molecule has 0 aromatic heterocycles. The fraction of sp³-hybridized carbons (Fsp3) is 0.353. The quantitative estimate of drug-likeness (QED) is 0.0973. The Hall–Kier alpha value is -4.07. The van der Waals surface area contributed by atoms with Crippen molar-refractivity contribution in [2.75, 3.05) is 49.3 Å². The van der Waals surface area contributed by atoms with Gasteiger partial charge in [0.05, 0.1) is 34.7 Å². The molecule has 0 aliphatic carbocycles. The molecule has 1 fully saturated rings. The molecule has 14 heteroatoms. The van der Waals surface area contributed by atoms with Crippen LogP contribution in [0.3, 0.4) is 0 Å². The first-order valence-corrected chi connectivity index (χ1v) is 16.9. The van der Waals surface area contributed by atoms with Crippen LogP contribution in [-0.2, 0) is 21.5 Å². The summed E-state index contributed by atoms with van der Waals surface area (Å²) >= 11 is 7.27. The van der Waals surface area contributed by atoms with Crippen LogP contribution in [-0.4, -0.2) is 63.0 Å². The molecule has 3 amide bonds. The molecule has 0 spiro atoms. The van der Waals surface area contributed by atoms with Crippen molar-refractivity contribution in [2.24, 2.45) is 5.10 Å². The molecule has 3 aromatic rings. The number of carbonyl (C=O) groups is 3. The zero-order chi connectivity index (χ0) is 34.5. The van der Waals surface area contributed by atoms with Crippen LogP contribution in [0.25, 0.3) is 0 Å². The van der Waals surface area contributed by atoms with Gasteiger partial charge in [0.1, 0.15) is 0 Å². The molecule has 1 aliphatic heterocycles. The molecule has 1 heterocycles. The summed E-state index contributed by atoms with van der Waals surface area (Å²) in [6.07, 6.45) is -0.0379. The van der Waals surface area contributed by atoms with E-state index in [1.54, 1.807) is 49.2 Å². The Bertz CT molecular complexity index is 1620. The molecule has 0 unspecified atom stereocenters. The number of halogens is 4. The van der Waals surface area contributed by atoms with Crippen molar-refractivity contribution in [3.63, 3.8) is 0 Å². The van der Waals surface area contributed by atoms with Crippen molar-refractivity contribution < 1.29 is 32.3 Å². The van der Waals surface area contributed by atoms with Crippen molar-refractivity contribution in [2.45, 2.75) is 37.6 Å². The lowest BCUT2D eigenvalue weighted by atomic mass is 10.1. The Morgan fingerprint density at radius 1 is 1.02 bits per heavy atom. The standard InChI is InChI=1S/C34H37ClF3N5O4S/c1-47-16-13-39-31(44)12-17-48-22-24-6-5-7-25(18-24)32(45)41-30-11-9-26(43-14-3-2-4-15-43)20-27(30)33(46)42-40-21-23-8-10-29(35)28(19-23)34(36,37)38/h5-11,18-21H,2-4,12-17,22H2,1H3,(H,39,44)(H,41,45)(H,42,46). The highest BCUT2D eigenvalue weighted by Crippen LogP contribution is 2.35. The van der Waals surface area contributed by atoms with E-state index in [0.29, 0.717) is 36.6 Å². The van der Waals surface area contributed by atoms with E-state index in [4.69, 9.17) is 16.3 Å². The summed E-state index contributed by atoms with van der Waals surface area (Å²) in [4.78, 5) is 40.8. The van der Waals surface area contributed by atoms with Gasteiger partial charge < -0.3 is 20.3 Å².